The highest BCUT2D eigenvalue weighted by Crippen LogP contribution is 2.31. The molecular formula is C34H28N4O8. The van der Waals surface area contributed by atoms with Gasteiger partial charge >= 0.3 is 0 Å². The fraction of sp³-hybridized carbons (Fsp3) is 0.118. The van der Waals surface area contributed by atoms with Crippen LogP contribution >= 0.6 is 0 Å². The Morgan fingerprint density at radius 2 is 0.891 bits per heavy atom. The largest absolute Gasteiger partial charge is 0.493 e. The average molecular weight is 621 g/mol. The van der Waals surface area contributed by atoms with Gasteiger partial charge in [0.2, 0.25) is 0 Å². The zero-order valence-corrected chi connectivity index (χ0v) is 25.3. The van der Waals surface area contributed by atoms with E-state index >= 15 is 0 Å². The van der Waals surface area contributed by atoms with Crippen molar-refractivity contribution >= 4 is 34.7 Å². The van der Waals surface area contributed by atoms with Crippen molar-refractivity contribution in [2.45, 2.75) is 0 Å². The van der Waals surface area contributed by atoms with Crippen molar-refractivity contribution in [1.29, 1.82) is 10.5 Å². The first-order chi connectivity index (χ1) is 22.2. The third-order valence-corrected chi connectivity index (χ3v) is 6.46. The van der Waals surface area contributed by atoms with Gasteiger partial charge in [-0.25, -0.2) is 0 Å². The van der Waals surface area contributed by atoms with Crippen molar-refractivity contribution in [1.82, 2.24) is 0 Å². The maximum atomic E-state index is 10.7. The van der Waals surface area contributed by atoms with Gasteiger partial charge in [0.15, 0.2) is 23.0 Å². The van der Waals surface area contributed by atoms with Gasteiger partial charge in [-0.2, -0.15) is 10.5 Å². The van der Waals surface area contributed by atoms with E-state index in [-0.39, 0.29) is 11.4 Å². The molecule has 0 saturated heterocycles. The fourth-order valence-electron chi connectivity index (χ4n) is 4.10. The molecule has 232 valence electrons. The lowest BCUT2D eigenvalue weighted by molar-refractivity contribution is -0.385. The van der Waals surface area contributed by atoms with Crippen LogP contribution in [0.1, 0.15) is 22.3 Å². The van der Waals surface area contributed by atoms with Crippen LogP contribution in [0.3, 0.4) is 0 Å². The van der Waals surface area contributed by atoms with E-state index in [9.17, 15) is 30.8 Å². The molecule has 12 nitrogen and oxygen atoms in total. The second-order valence-electron chi connectivity index (χ2n) is 9.18. The van der Waals surface area contributed by atoms with Crippen molar-refractivity contribution in [2.24, 2.45) is 0 Å². The molecule has 46 heavy (non-hydrogen) atoms. The summed E-state index contributed by atoms with van der Waals surface area (Å²) in [7, 11) is 6.16. The van der Waals surface area contributed by atoms with E-state index in [1.165, 1.54) is 38.5 Å². The molecule has 4 aromatic carbocycles. The van der Waals surface area contributed by atoms with Crippen LogP contribution in [0.5, 0.6) is 23.0 Å². The van der Waals surface area contributed by atoms with E-state index in [0.717, 1.165) is 11.1 Å². The number of hydrogen-bond acceptors (Lipinski definition) is 10. The first-order valence-corrected chi connectivity index (χ1v) is 13.3. The first kappa shape index (κ1) is 33.8. The highest BCUT2D eigenvalue weighted by Gasteiger charge is 2.10. The number of nitro groups is 2. The number of nitriles is 2. The van der Waals surface area contributed by atoms with Crippen molar-refractivity contribution in [3.05, 3.63) is 127 Å². The Bertz CT molecular complexity index is 1720. The van der Waals surface area contributed by atoms with E-state index in [0.29, 0.717) is 45.3 Å². The third-order valence-electron chi connectivity index (χ3n) is 6.46. The number of allylic oxidation sites excluding steroid dienone is 2. The Morgan fingerprint density at radius 1 is 0.565 bits per heavy atom. The molecule has 12 heteroatoms. The number of methoxy groups -OCH3 is 4. The zero-order valence-electron chi connectivity index (χ0n) is 25.3. The Morgan fingerprint density at radius 3 is 1.15 bits per heavy atom. The van der Waals surface area contributed by atoms with Gasteiger partial charge in [-0.1, -0.05) is 12.1 Å². The van der Waals surface area contributed by atoms with E-state index in [4.69, 9.17) is 18.9 Å². The van der Waals surface area contributed by atoms with Crippen LogP contribution in [0, 0.1) is 42.9 Å². The van der Waals surface area contributed by atoms with Gasteiger partial charge in [0, 0.05) is 24.3 Å². The average Bonchev–Trinajstić information content (AvgIpc) is 3.09. The second kappa shape index (κ2) is 16.3. The minimum atomic E-state index is -0.478. The molecule has 0 bridgehead atoms. The lowest BCUT2D eigenvalue weighted by Gasteiger charge is -2.08. The summed E-state index contributed by atoms with van der Waals surface area (Å²) < 4.78 is 20.8. The summed E-state index contributed by atoms with van der Waals surface area (Å²) in [5, 5.41) is 40.0. The number of non-ortho nitro benzene ring substituents is 2. The molecule has 0 atom stereocenters. The highest BCUT2D eigenvalue weighted by molar-refractivity contribution is 5.91. The summed E-state index contributed by atoms with van der Waals surface area (Å²) in [6.07, 6.45) is 3.37. The molecular weight excluding hydrogens is 592 g/mol. The topological polar surface area (TPSA) is 171 Å². The number of rotatable bonds is 10. The number of ether oxygens (including phenoxy) is 4. The van der Waals surface area contributed by atoms with Crippen LogP contribution in [-0.2, 0) is 0 Å². The van der Waals surface area contributed by atoms with Crippen LogP contribution in [0.4, 0.5) is 11.4 Å². The smallest absolute Gasteiger partial charge is 0.269 e. The van der Waals surface area contributed by atoms with Crippen LogP contribution in [0.2, 0.25) is 0 Å². The molecule has 4 aromatic rings. The predicted octanol–water partition coefficient (Wildman–Crippen LogP) is 7.35. The number of nitrogens with zero attached hydrogens (tertiary/aromatic N) is 4. The minimum absolute atomic E-state index is 0.0165. The molecule has 0 heterocycles. The SMILES string of the molecule is COc1ccc(/C=C(\C#N)c2ccc([N+](=O)[O-])cc2)cc1OC.COc1ccc(/C=C(\C#N)c2ccc([N+](=O)[O-])cc2)cc1OC. The van der Waals surface area contributed by atoms with Crippen molar-refractivity contribution in [3.8, 4) is 35.1 Å². The molecule has 0 aliphatic heterocycles. The van der Waals surface area contributed by atoms with Gasteiger partial charge < -0.3 is 18.9 Å². The number of hydrogen-bond donors (Lipinski definition) is 0. The molecule has 0 saturated carbocycles. The van der Waals surface area contributed by atoms with Gasteiger partial charge in [0.25, 0.3) is 11.4 Å². The monoisotopic (exact) mass is 620 g/mol. The highest BCUT2D eigenvalue weighted by atomic mass is 16.6. The molecule has 4 rings (SSSR count). The number of benzene rings is 4. The molecule has 0 aliphatic rings. The van der Waals surface area contributed by atoms with Gasteiger partial charge in [-0.3, -0.25) is 20.2 Å². The molecule has 0 spiro atoms. The quantitative estimate of drug-likeness (QED) is 0.0755. The number of nitro benzene ring substituents is 2. The van der Waals surface area contributed by atoms with E-state index in [1.54, 1.807) is 87.0 Å². The Balaban J connectivity index is 0.000000250. The van der Waals surface area contributed by atoms with E-state index in [1.807, 2.05) is 0 Å². The van der Waals surface area contributed by atoms with Crippen molar-refractivity contribution in [2.75, 3.05) is 28.4 Å². The first-order valence-electron chi connectivity index (χ1n) is 13.3. The van der Waals surface area contributed by atoms with Crippen LogP contribution in [-0.4, -0.2) is 38.3 Å². The molecule has 0 fully saturated rings. The second-order valence-corrected chi connectivity index (χ2v) is 9.18. The van der Waals surface area contributed by atoms with Crippen molar-refractivity contribution in [3.63, 3.8) is 0 Å². The Hall–Kier alpha value is -6.66. The molecule has 0 amide bonds. The summed E-state index contributed by atoms with van der Waals surface area (Å²) in [5.41, 5.74) is 3.49. The predicted molar refractivity (Wildman–Crippen MR) is 172 cm³/mol. The fourth-order valence-corrected chi connectivity index (χ4v) is 4.10. The summed E-state index contributed by atoms with van der Waals surface area (Å²) >= 11 is 0. The Kier molecular flexibility index (Phi) is 12.0. The summed E-state index contributed by atoms with van der Waals surface area (Å²) in [4.78, 5) is 20.4. The maximum Gasteiger partial charge on any atom is 0.269 e. The molecule has 0 unspecified atom stereocenters. The van der Waals surface area contributed by atoms with Crippen LogP contribution in [0.25, 0.3) is 23.3 Å². The minimum Gasteiger partial charge on any atom is -0.493 e. The van der Waals surface area contributed by atoms with E-state index < -0.39 is 9.85 Å². The standard InChI is InChI=1S/2C17H14N2O4/c2*1-22-16-8-3-12(10-17(16)23-2)9-14(11-18)13-4-6-15(7-5-13)19(20)21/h2*3-10H,1-2H3/b2*14-9+. The van der Waals surface area contributed by atoms with Crippen molar-refractivity contribution < 1.29 is 28.8 Å². The zero-order chi connectivity index (χ0) is 33.6. The van der Waals surface area contributed by atoms with Crippen LogP contribution in [0.15, 0.2) is 84.9 Å². The summed E-state index contributed by atoms with van der Waals surface area (Å²) in [5.74, 6) is 2.31. The van der Waals surface area contributed by atoms with Gasteiger partial charge in [-0.15, -0.1) is 0 Å². The molecule has 0 radical (unpaired) electrons. The lowest BCUT2D eigenvalue weighted by atomic mass is 10.0. The summed E-state index contributed by atoms with van der Waals surface area (Å²) in [6.45, 7) is 0. The lowest BCUT2D eigenvalue weighted by Crippen LogP contribution is -1.91. The van der Waals surface area contributed by atoms with Crippen LogP contribution < -0.4 is 18.9 Å². The molecule has 0 N–H and O–H groups in total. The molecule has 0 aliphatic carbocycles. The normalized spacial score (nSPS) is 10.7. The third kappa shape index (κ3) is 8.69. The summed E-state index contributed by atoms with van der Waals surface area (Å²) in [6, 6.07) is 26.5. The van der Waals surface area contributed by atoms with Gasteiger partial charge in [-0.05, 0) is 82.9 Å². The molecule has 0 aromatic heterocycles. The van der Waals surface area contributed by atoms with Gasteiger partial charge in [0.05, 0.1) is 61.6 Å². The van der Waals surface area contributed by atoms with E-state index in [2.05, 4.69) is 12.1 Å². The Labute approximate surface area is 264 Å². The van der Waals surface area contributed by atoms with Gasteiger partial charge in [0.1, 0.15) is 0 Å². The maximum absolute atomic E-state index is 10.7.